The lowest BCUT2D eigenvalue weighted by Gasteiger charge is -2.24. The second-order valence-corrected chi connectivity index (χ2v) is 6.48. The summed E-state index contributed by atoms with van der Waals surface area (Å²) in [7, 11) is 0. The number of imidazole rings is 1. The van der Waals surface area contributed by atoms with Crippen LogP contribution in [0.3, 0.4) is 0 Å². The summed E-state index contributed by atoms with van der Waals surface area (Å²) in [6, 6.07) is 7.60. The molecule has 0 spiro atoms. The van der Waals surface area contributed by atoms with E-state index in [0.29, 0.717) is 5.56 Å². The second-order valence-electron chi connectivity index (χ2n) is 6.48. The van der Waals surface area contributed by atoms with Gasteiger partial charge in [-0.1, -0.05) is 0 Å². The predicted molar refractivity (Wildman–Crippen MR) is 86.5 cm³/mol. The van der Waals surface area contributed by atoms with Crippen LogP contribution in [0.1, 0.15) is 35.4 Å². The van der Waals surface area contributed by atoms with Gasteiger partial charge in [-0.15, -0.1) is 0 Å². The minimum Gasteiger partial charge on any atom is -0.493 e. The van der Waals surface area contributed by atoms with Gasteiger partial charge in [0.15, 0.2) is 0 Å². The number of amides is 1. The van der Waals surface area contributed by atoms with Crippen molar-refractivity contribution < 1.29 is 9.53 Å². The highest BCUT2D eigenvalue weighted by molar-refractivity contribution is 5.94. The average Bonchev–Trinajstić information content (AvgIpc) is 3.29. The average molecular weight is 311 g/mol. The van der Waals surface area contributed by atoms with Crippen molar-refractivity contribution in [3.8, 4) is 5.75 Å². The van der Waals surface area contributed by atoms with Crippen LogP contribution in [0.15, 0.2) is 36.7 Å². The maximum absolute atomic E-state index is 12.4. The minimum atomic E-state index is -0.0210. The lowest BCUT2D eigenvalue weighted by atomic mass is 10.1. The first-order chi connectivity index (χ1) is 11.3. The summed E-state index contributed by atoms with van der Waals surface area (Å²) in [6.45, 7) is 1.59. The number of rotatable bonds is 5. The predicted octanol–water partition coefficient (Wildman–Crippen LogP) is 2.42. The van der Waals surface area contributed by atoms with Gasteiger partial charge in [-0.2, -0.15) is 0 Å². The molecule has 0 radical (unpaired) electrons. The van der Waals surface area contributed by atoms with Gasteiger partial charge in [0, 0.05) is 37.0 Å². The van der Waals surface area contributed by atoms with E-state index in [2.05, 4.69) is 14.9 Å². The van der Waals surface area contributed by atoms with Gasteiger partial charge in [0.2, 0.25) is 0 Å². The molecule has 1 aromatic heterocycles. The van der Waals surface area contributed by atoms with Crippen LogP contribution >= 0.6 is 0 Å². The molecule has 2 aromatic rings. The van der Waals surface area contributed by atoms with Crippen molar-refractivity contribution in [3.05, 3.63) is 48.0 Å². The quantitative estimate of drug-likeness (QED) is 0.922. The van der Waals surface area contributed by atoms with Gasteiger partial charge in [-0.05, 0) is 49.4 Å². The van der Waals surface area contributed by atoms with Gasteiger partial charge in [0.1, 0.15) is 11.6 Å². The van der Waals surface area contributed by atoms with E-state index in [1.54, 1.807) is 0 Å². The van der Waals surface area contributed by atoms with Crippen molar-refractivity contribution in [1.82, 2.24) is 14.9 Å². The first-order valence-corrected chi connectivity index (χ1v) is 8.31. The first-order valence-electron chi connectivity index (χ1n) is 8.31. The fourth-order valence-electron chi connectivity index (χ4n) is 2.95. The third-order valence-corrected chi connectivity index (χ3v) is 4.57. The van der Waals surface area contributed by atoms with Gasteiger partial charge >= 0.3 is 0 Å². The zero-order valence-electron chi connectivity index (χ0n) is 13.1. The molecule has 2 heterocycles. The van der Waals surface area contributed by atoms with Gasteiger partial charge in [0.05, 0.1) is 6.61 Å². The molecule has 0 unspecified atom stereocenters. The Morgan fingerprint density at radius 1 is 1.26 bits per heavy atom. The molecule has 5 heteroatoms. The van der Waals surface area contributed by atoms with Crippen molar-refractivity contribution in [2.45, 2.75) is 38.3 Å². The van der Waals surface area contributed by atoms with E-state index in [0.717, 1.165) is 43.5 Å². The molecule has 1 amide bonds. The van der Waals surface area contributed by atoms with Crippen LogP contribution < -0.4 is 10.1 Å². The topological polar surface area (TPSA) is 56.2 Å². The van der Waals surface area contributed by atoms with Crippen LogP contribution in [0.4, 0.5) is 0 Å². The molecule has 1 aromatic carbocycles. The van der Waals surface area contributed by atoms with Gasteiger partial charge in [0.25, 0.3) is 5.91 Å². The molecule has 1 aliphatic heterocycles. The zero-order valence-corrected chi connectivity index (χ0v) is 13.1. The number of nitrogens with zero attached hydrogens (tertiary/aromatic N) is 2. The summed E-state index contributed by atoms with van der Waals surface area (Å²) in [5.74, 6) is 2.66. The summed E-state index contributed by atoms with van der Waals surface area (Å²) in [6.07, 6.45) is 8.19. The molecule has 120 valence electrons. The molecule has 4 rings (SSSR count). The molecule has 1 N–H and O–H groups in total. The smallest absolute Gasteiger partial charge is 0.251 e. The molecular weight excluding hydrogens is 290 g/mol. The third kappa shape index (κ3) is 3.38. The van der Waals surface area contributed by atoms with Crippen molar-refractivity contribution >= 4 is 5.91 Å². The Morgan fingerprint density at radius 3 is 2.87 bits per heavy atom. The molecule has 23 heavy (non-hydrogen) atoms. The molecule has 2 aliphatic rings. The van der Waals surface area contributed by atoms with Gasteiger partial charge < -0.3 is 14.6 Å². The Hall–Kier alpha value is -2.30. The van der Waals surface area contributed by atoms with E-state index in [1.165, 1.54) is 12.8 Å². The molecule has 0 saturated heterocycles. The monoisotopic (exact) mass is 311 g/mol. The largest absolute Gasteiger partial charge is 0.493 e. The van der Waals surface area contributed by atoms with E-state index >= 15 is 0 Å². The summed E-state index contributed by atoms with van der Waals surface area (Å²) < 4.78 is 7.82. The fourth-order valence-corrected chi connectivity index (χ4v) is 2.95. The van der Waals surface area contributed by atoms with E-state index in [4.69, 9.17) is 4.74 Å². The first kappa shape index (κ1) is 14.3. The number of carbonyl (C=O) groups excluding carboxylic acids is 1. The maximum Gasteiger partial charge on any atom is 0.251 e. The summed E-state index contributed by atoms with van der Waals surface area (Å²) in [5.41, 5.74) is 0.681. The molecule has 0 bridgehead atoms. The highest BCUT2D eigenvalue weighted by atomic mass is 16.5. The number of ether oxygens (including phenoxy) is 1. The van der Waals surface area contributed by atoms with Crippen LogP contribution in [-0.2, 0) is 13.0 Å². The number of nitrogens with one attached hydrogen (secondary N) is 1. The van der Waals surface area contributed by atoms with Crippen LogP contribution in [0.5, 0.6) is 5.75 Å². The van der Waals surface area contributed by atoms with Crippen molar-refractivity contribution in [2.75, 3.05) is 6.61 Å². The van der Waals surface area contributed by atoms with Gasteiger partial charge in [-0.3, -0.25) is 4.79 Å². The molecule has 1 fully saturated rings. The standard InChI is InChI=1S/C18H21N3O2/c22-18(20-15-5-8-17-19-9-10-21(17)11-15)14-3-6-16(7-4-14)23-12-13-1-2-13/h3-4,6-7,9-10,13,15H,1-2,5,8,11-12H2,(H,20,22)/t15-/m0/s1. The summed E-state index contributed by atoms with van der Waals surface area (Å²) in [4.78, 5) is 16.7. The number of hydrogen-bond acceptors (Lipinski definition) is 3. The maximum atomic E-state index is 12.4. The normalized spacial score (nSPS) is 19.9. The van der Waals surface area contributed by atoms with E-state index in [-0.39, 0.29) is 11.9 Å². The summed E-state index contributed by atoms with van der Waals surface area (Å²) in [5, 5.41) is 3.12. The lowest BCUT2D eigenvalue weighted by molar-refractivity contribution is 0.0927. The molecule has 5 nitrogen and oxygen atoms in total. The van der Waals surface area contributed by atoms with Crippen molar-refractivity contribution in [2.24, 2.45) is 5.92 Å². The third-order valence-electron chi connectivity index (χ3n) is 4.57. The van der Waals surface area contributed by atoms with E-state index < -0.39 is 0 Å². The minimum absolute atomic E-state index is 0.0210. The Morgan fingerprint density at radius 2 is 2.09 bits per heavy atom. The van der Waals surface area contributed by atoms with Crippen LogP contribution in [-0.4, -0.2) is 28.1 Å². The SMILES string of the molecule is O=C(N[C@H]1CCc2nccn2C1)c1ccc(OCC2CC2)cc1. The Bertz CT molecular complexity index is 689. The van der Waals surface area contributed by atoms with Crippen LogP contribution in [0, 0.1) is 5.92 Å². The Kier molecular flexibility index (Phi) is 3.77. The number of aryl methyl sites for hydroxylation is 1. The highest BCUT2D eigenvalue weighted by Gasteiger charge is 2.22. The van der Waals surface area contributed by atoms with Crippen LogP contribution in [0.25, 0.3) is 0 Å². The zero-order chi connectivity index (χ0) is 15.6. The number of fused-ring (bicyclic) bond motifs is 1. The molecular formula is C18H21N3O2. The lowest BCUT2D eigenvalue weighted by Crippen LogP contribution is -2.40. The number of carbonyl (C=O) groups is 1. The second kappa shape index (κ2) is 6.07. The fraction of sp³-hybridized carbons (Fsp3) is 0.444. The Labute approximate surface area is 135 Å². The number of hydrogen-bond donors (Lipinski definition) is 1. The molecule has 1 aliphatic carbocycles. The molecule has 1 saturated carbocycles. The van der Waals surface area contributed by atoms with Gasteiger partial charge in [-0.25, -0.2) is 4.98 Å². The van der Waals surface area contributed by atoms with Crippen molar-refractivity contribution in [3.63, 3.8) is 0 Å². The Balaban J connectivity index is 1.33. The summed E-state index contributed by atoms with van der Waals surface area (Å²) >= 11 is 0. The number of aromatic nitrogens is 2. The molecule has 1 atom stereocenters. The van der Waals surface area contributed by atoms with E-state index in [9.17, 15) is 4.79 Å². The van der Waals surface area contributed by atoms with Crippen LogP contribution in [0.2, 0.25) is 0 Å². The van der Waals surface area contributed by atoms with Crippen molar-refractivity contribution in [1.29, 1.82) is 0 Å². The number of benzene rings is 1. The highest BCUT2D eigenvalue weighted by Crippen LogP contribution is 2.29. The van der Waals surface area contributed by atoms with E-state index in [1.807, 2.05) is 36.7 Å².